The third-order valence-corrected chi connectivity index (χ3v) is 6.53. The number of piperidine rings is 1. The highest BCUT2D eigenvalue weighted by atomic mass is 16.5. The second kappa shape index (κ2) is 6.30. The monoisotopic (exact) mass is 403 g/mol. The summed E-state index contributed by atoms with van der Waals surface area (Å²) in [5, 5.41) is 13.0. The van der Waals surface area contributed by atoms with Crippen LogP contribution in [0.1, 0.15) is 11.3 Å². The van der Waals surface area contributed by atoms with E-state index in [-0.39, 0.29) is 0 Å². The zero-order valence-electron chi connectivity index (χ0n) is 16.6. The summed E-state index contributed by atoms with van der Waals surface area (Å²) in [7, 11) is 1.94. The molecule has 0 bridgehead atoms. The highest BCUT2D eigenvalue weighted by Crippen LogP contribution is 2.50. The SMILES string of the molecule is CNc1cccc2c1Cc1nc(Oc3ccc[n+](O)c3)nc(N3CC4C(N)C4C3)c1-2. The summed E-state index contributed by atoms with van der Waals surface area (Å²) < 4.78 is 6.88. The number of ether oxygens (including phenoxy) is 1. The van der Waals surface area contributed by atoms with Crippen LogP contribution >= 0.6 is 0 Å². The van der Waals surface area contributed by atoms with E-state index in [4.69, 9.17) is 20.4 Å². The molecule has 4 N–H and O–H groups in total. The minimum Gasteiger partial charge on any atom is -0.418 e. The third-order valence-electron chi connectivity index (χ3n) is 6.53. The zero-order chi connectivity index (χ0) is 20.4. The van der Waals surface area contributed by atoms with Gasteiger partial charge in [-0.15, -0.1) is 0 Å². The fraction of sp³-hybridized carbons (Fsp3) is 0.318. The zero-order valence-corrected chi connectivity index (χ0v) is 16.6. The molecule has 1 saturated carbocycles. The highest BCUT2D eigenvalue weighted by Gasteiger charge is 2.54. The largest absolute Gasteiger partial charge is 0.418 e. The topological polar surface area (TPSA) is 100 Å². The van der Waals surface area contributed by atoms with E-state index in [1.54, 1.807) is 12.1 Å². The number of aromatic nitrogens is 3. The maximum absolute atomic E-state index is 9.68. The van der Waals surface area contributed by atoms with Crippen molar-refractivity contribution in [2.75, 3.05) is 30.4 Å². The van der Waals surface area contributed by atoms with E-state index in [1.807, 2.05) is 7.05 Å². The number of rotatable bonds is 4. The molecule has 3 aromatic rings. The van der Waals surface area contributed by atoms with E-state index in [0.717, 1.165) is 47.0 Å². The van der Waals surface area contributed by atoms with Gasteiger partial charge in [0.15, 0.2) is 5.75 Å². The summed E-state index contributed by atoms with van der Waals surface area (Å²) in [6.07, 6.45) is 3.73. The van der Waals surface area contributed by atoms with Crippen molar-refractivity contribution in [2.45, 2.75) is 12.5 Å². The van der Waals surface area contributed by atoms with Gasteiger partial charge in [0.05, 0.1) is 5.69 Å². The molecular weight excluding hydrogens is 380 g/mol. The molecule has 2 unspecified atom stereocenters. The van der Waals surface area contributed by atoms with E-state index in [1.165, 1.54) is 23.5 Å². The minimum atomic E-state index is 0.290. The van der Waals surface area contributed by atoms with Gasteiger partial charge in [0, 0.05) is 54.6 Å². The van der Waals surface area contributed by atoms with Crippen molar-refractivity contribution in [1.82, 2.24) is 9.97 Å². The first-order valence-electron chi connectivity index (χ1n) is 10.2. The first-order chi connectivity index (χ1) is 14.6. The molecule has 152 valence electrons. The van der Waals surface area contributed by atoms with Crippen molar-refractivity contribution in [3.05, 3.63) is 54.0 Å². The molecule has 8 nitrogen and oxygen atoms in total. The van der Waals surface area contributed by atoms with Crippen molar-refractivity contribution in [3.8, 4) is 22.9 Å². The Labute approximate surface area is 173 Å². The molecule has 6 rings (SSSR count). The summed E-state index contributed by atoms with van der Waals surface area (Å²) in [4.78, 5) is 11.9. The van der Waals surface area contributed by atoms with Crippen molar-refractivity contribution in [1.29, 1.82) is 0 Å². The van der Waals surface area contributed by atoms with Crippen molar-refractivity contribution in [2.24, 2.45) is 17.6 Å². The van der Waals surface area contributed by atoms with Crippen LogP contribution in [0.5, 0.6) is 11.8 Å². The van der Waals surface area contributed by atoms with Crippen molar-refractivity contribution < 1.29 is 14.7 Å². The fourth-order valence-corrected chi connectivity index (χ4v) is 4.92. The average Bonchev–Trinajstić information content (AvgIpc) is 3.11. The summed E-state index contributed by atoms with van der Waals surface area (Å²) >= 11 is 0. The summed E-state index contributed by atoms with van der Waals surface area (Å²) in [5.41, 5.74) is 11.7. The second-order valence-electron chi connectivity index (χ2n) is 8.24. The van der Waals surface area contributed by atoms with E-state index >= 15 is 0 Å². The molecule has 2 fully saturated rings. The molecule has 0 amide bonds. The lowest BCUT2D eigenvalue weighted by molar-refractivity contribution is -0.904. The lowest BCUT2D eigenvalue weighted by Crippen LogP contribution is -2.29. The number of benzene rings is 1. The van der Waals surface area contributed by atoms with Crippen LogP contribution in [0.2, 0.25) is 0 Å². The molecule has 8 heteroatoms. The van der Waals surface area contributed by atoms with Gasteiger partial charge in [0.25, 0.3) is 6.20 Å². The molecule has 0 radical (unpaired) electrons. The third kappa shape index (κ3) is 2.60. The molecule has 2 aromatic heterocycles. The van der Waals surface area contributed by atoms with Gasteiger partial charge in [-0.1, -0.05) is 12.1 Å². The summed E-state index contributed by atoms with van der Waals surface area (Å²) in [6.45, 7) is 1.83. The molecule has 2 aliphatic carbocycles. The molecular formula is C22H23N6O2+. The van der Waals surface area contributed by atoms with Crippen LogP contribution in [0.25, 0.3) is 11.1 Å². The molecule has 1 aliphatic heterocycles. The Kier molecular flexibility index (Phi) is 3.67. The smallest absolute Gasteiger partial charge is 0.324 e. The summed E-state index contributed by atoms with van der Waals surface area (Å²) in [6, 6.07) is 10.4. The van der Waals surface area contributed by atoms with Gasteiger partial charge in [-0.25, -0.2) is 0 Å². The van der Waals surface area contributed by atoms with Crippen molar-refractivity contribution >= 4 is 11.5 Å². The van der Waals surface area contributed by atoms with E-state index in [2.05, 4.69) is 28.4 Å². The molecule has 1 saturated heterocycles. The van der Waals surface area contributed by atoms with Crippen LogP contribution in [0.15, 0.2) is 42.7 Å². The average molecular weight is 403 g/mol. The van der Waals surface area contributed by atoms with E-state index in [0.29, 0.717) is 29.6 Å². The summed E-state index contributed by atoms with van der Waals surface area (Å²) in [5.74, 6) is 2.48. The first-order valence-corrected chi connectivity index (χ1v) is 10.2. The molecule has 2 atom stereocenters. The second-order valence-corrected chi connectivity index (χ2v) is 8.24. The van der Waals surface area contributed by atoms with Gasteiger partial charge in [-0.3, -0.25) is 5.21 Å². The van der Waals surface area contributed by atoms with Crippen LogP contribution in [-0.2, 0) is 6.42 Å². The van der Waals surface area contributed by atoms with Gasteiger partial charge >= 0.3 is 6.01 Å². The maximum atomic E-state index is 9.68. The van der Waals surface area contributed by atoms with Gasteiger partial charge in [0.1, 0.15) is 5.82 Å². The molecule has 30 heavy (non-hydrogen) atoms. The van der Waals surface area contributed by atoms with Crippen LogP contribution in [0.3, 0.4) is 0 Å². The van der Waals surface area contributed by atoms with Crippen molar-refractivity contribution in [3.63, 3.8) is 0 Å². The number of nitrogens with one attached hydrogen (secondary N) is 1. The normalized spacial score (nSPS) is 23.0. The van der Waals surface area contributed by atoms with E-state index in [9.17, 15) is 5.21 Å². The number of anilines is 2. The van der Waals surface area contributed by atoms with E-state index < -0.39 is 0 Å². The predicted octanol–water partition coefficient (Wildman–Crippen LogP) is 1.80. The van der Waals surface area contributed by atoms with Gasteiger partial charge in [-0.2, -0.15) is 9.97 Å². The molecule has 3 aliphatic rings. The number of hydrogen-bond donors (Lipinski definition) is 3. The number of fused-ring (bicyclic) bond motifs is 4. The van der Waals surface area contributed by atoms with Crippen LogP contribution in [-0.4, -0.2) is 41.4 Å². The number of pyridine rings is 1. The maximum Gasteiger partial charge on any atom is 0.324 e. The Morgan fingerprint density at radius 2 is 2.03 bits per heavy atom. The quantitative estimate of drug-likeness (QED) is 0.353. The predicted molar refractivity (Wildman–Crippen MR) is 111 cm³/mol. The molecule has 3 heterocycles. The standard InChI is InChI=1S/C22H23N6O2/c1-24-17-6-2-5-13-14(17)8-18-19(13)21(27-10-15-16(11-27)20(15)23)26-22(25-18)30-12-4-3-7-28(29)9-12/h2-7,9,15-16,20,24,29H,8,10-11,23H2,1H3/q+1. The fourth-order valence-electron chi connectivity index (χ4n) is 4.92. The molecule has 1 aromatic carbocycles. The molecule has 0 spiro atoms. The Morgan fingerprint density at radius 1 is 1.20 bits per heavy atom. The Bertz CT molecular complexity index is 1150. The lowest BCUT2D eigenvalue weighted by atomic mass is 10.1. The first kappa shape index (κ1) is 17.5. The number of nitrogens with zero attached hydrogens (tertiary/aromatic N) is 4. The van der Waals surface area contributed by atoms with Gasteiger partial charge in [-0.05, 0) is 35.1 Å². The number of nitrogens with two attached hydrogens (primary N) is 1. The van der Waals surface area contributed by atoms with Crippen LogP contribution < -0.4 is 25.4 Å². The Balaban J connectivity index is 1.45. The highest BCUT2D eigenvalue weighted by molar-refractivity contribution is 5.88. The Morgan fingerprint density at radius 3 is 2.80 bits per heavy atom. The number of hydrogen-bond acceptors (Lipinski definition) is 7. The van der Waals surface area contributed by atoms with Gasteiger partial charge in [0.2, 0.25) is 6.20 Å². The van der Waals surface area contributed by atoms with Crippen LogP contribution in [0.4, 0.5) is 11.5 Å². The lowest BCUT2D eigenvalue weighted by Gasteiger charge is -2.23. The Hall–Kier alpha value is -3.39. The van der Waals surface area contributed by atoms with Crippen LogP contribution in [0, 0.1) is 11.8 Å². The van der Waals surface area contributed by atoms with Gasteiger partial charge < -0.3 is 20.7 Å². The minimum absolute atomic E-state index is 0.290.